The summed E-state index contributed by atoms with van der Waals surface area (Å²) in [6.07, 6.45) is 4.09. The number of hydrogen-bond acceptors (Lipinski definition) is 5. The Labute approximate surface area is 197 Å². The minimum Gasteiger partial charge on any atom is -0.338 e. The lowest BCUT2D eigenvalue weighted by molar-refractivity contribution is -0.115. The van der Waals surface area contributed by atoms with E-state index in [1.165, 1.54) is 10.4 Å². The summed E-state index contributed by atoms with van der Waals surface area (Å²) in [5.41, 5.74) is 5.01. The van der Waals surface area contributed by atoms with E-state index in [4.69, 9.17) is 4.98 Å². The molecule has 170 valence electrons. The summed E-state index contributed by atoms with van der Waals surface area (Å²) in [5.74, 6) is 0.215. The van der Waals surface area contributed by atoms with Crippen LogP contribution in [0.1, 0.15) is 35.3 Å². The quantitative estimate of drug-likeness (QED) is 0.393. The van der Waals surface area contributed by atoms with E-state index in [0.717, 1.165) is 58.7 Å². The lowest BCUT2D eigenvalue weighted by atomic mass is 9.95. The second-order valence-corrected chi connectivity index (χ2v) is 11.7. The second kappa shape index (κ2) is 8.76. The highest BCUT2D eigenvalue weighted by Crippen LogP contribution is 2.43. The molecular formula is C25H25N3O3S2. The van der Waals surface area contributed by atoms with E-state index in [1.807, 2.05) is 31.2 Å². The van der Waals surface area contributed by atoms with Crippen LogP contribution in [0.4, 0.5) is 5.00 Å². The molecule has 1 amide bonds. The highest BCUT2D eigenvalue weighted by molar-refractivity contribution is 7.91. The van der Waals surface area contributed by atoms with Crippen molar-refractivity contribution in [2.45, 2.75) is 43.9 Å². The third-order valence-electron chi connectivity index (χ3n) is 6.03. The lowest BCUT2D eigenvalue weighted by Gasteiger charge is -2.12. The van der Waals surface area contributed by atoms with Gasteiger partial charge in [-0.1, -0.05) is 29.8 Å². The molecule has 2 N–H and O–H groups in total. The first-order chi connectivity index (χ1) is 15.9. The van der Waals surface area contributed by atoms with Crippen LogP contribution in [0, 0.1) is 6.92 Å². The van der Waals surface area contributed by atoms with E-state index in [0.29, 0.717) is 0 Å². The average molecular weight is 480 g/mol. The molecule has 1 aliphatic rings. The van der Waals surface area contributed by atoms with Crippen LogP contribution in [0.5, 0.6) is 0 Å². The minimum atomic E-state index is -3.52. The van der Waals surface area contributed by atoms with Gasteiger partial charge in [-0.15, -0.1) is 11.3 Å². The molecule has 1 aliphatic carbocycles. The van der Waals surface area contributed by atoms with E-state index < -0.39 is 9.84 Å². The Bertz CT molecular complexity index is 1400. The fourth-order valence-corrected chi connectivity index (χ4v) is 6.80. The number of benzene rings is 2. The highest BCUT2D eigenvalue weighted by atomic mass is 32.2. The van der Waals surface area contributed by atoms with Crippen LogP contribution in [-0.4, -0.2) is 30.0 Å². The van der Waals surface area contributed by atoms with Crippen molar-refractivity contribution >= 4 is 43.1 Å². The number of rotatable bonds is 6. The van der Waals surface area contributed by atoms with Gasteiger partial charge in [0.1, 0.15) is 10.8 Å². The van der Waals surface area contributed by atoms with Crippen molar-refractivity contribution in [2.75, 3.05) is 11.1 Å². The Morgan fingerprint density at radius 3 is 2.64 bits per heavy atom. The maximum absolute atomic E-state index is 12.8. The smallest absolute Gasteiger partial charge is 0.226 e. The van der Waals surface area contributed by atoms with Gasteiger partial charge < -0.3 is 10.3 Å². The molecule has 5 rings (SSSR count). The second-order valence-electron chi connectivity index (χ2n) is 8.45. The summed E-state index contributed by atoms with van der Waals surface area (Å²) < 4.78 is 25.3. The third-order valence-corrected chi connectivity index (χ3v) is 8.97. The summed E-state index contributed by atoms with van der Waals surface area (Å²) in [5, 5.41) is 3.75. The Hall–Kier alpha value is -2.97. The number of thiophene rings is 1. The molecule has 0 saturated carbocycles. The molecule has 0 unspecified atom stereocenters. The molecule has 0 atom stereocenters. The number of anilines is 1. The summed E-state index contributed by atoms with van der Waals surface area (Å²) in [4.78, 5) is 22.5. The van der Waals surface area contributed by atoms with Crippen LogP contribution in [0.2, 0.25) is 0 Å². The average Bonchev–Trinajstić information content (AvgIpc) is 3.38. The van der Waals surface area contributed by atoms with Crippen LogP contribution in [0.25, 0.3) is 22.4 Å². The SMILES string of the molecule is Cc1ccc(S(=O)(=O)CCC(=O)Nc2sc3c(c2-c2nc4ccccc4[nH]2)CCCC3)cc1. The normalized spacial score (nSPS) is 13.7. The number of para-hydroxylation sites is 2. The minimum absolute atomic E-state index is 0.0989. The van der Waals surface area contributed by atoms with Crippen molar-refractivity contribution in [3.8, 4) is 11.4 Å². The summed E-state index contributed by atoms with van der Waals surface area (Å²) in [7, 11) is -3.52. The van der Waals surface area contributed by atoms with Gasteiger partial charge >= 0.3 is 0 Å². The van der Waals surface area contributed by atoms with Gasteiger partial charge in [0.15, 0.2) is 9.84 Å². The van der Waals surface area contributed by atoms with E-state index in [-0.39, 0.29) is 23.0 Å². The number of aryl methyl sites for hydroxylation is 2. The number of imidazole rings is 1. The topological polar surface area (TPSA) is 91.9 Å². The monoisotopic (exact) mass is 479 g/mol. The molecular weight excluding hydrogens is 454 g/mol. The van der Waals surface area contributed by atoms with E-state index in [9.17, 15) is 13.2 Å². The van der Waals surface area contributed by atoms with Crippen molar-refractivity contribution in [1.82, 2.24) is 9.97 Å². The van der Waals surface area contributed by atoms with Gasteiger partial charge in [0.2, 0.25) is 5.91 Å². The number of aromatic nitrogens is 2. The molecule has 4 aromatic rings. The molecule has 8 heteroatoms. The Morgan fingerprint density at radius 1 is 1.09 bits per heavy atom. The number of hydrogen-bond donors (Lipinski definition) is 2. The fourth-order valence-electron chi connectivity index (χ4n) is 4.26. The number of fused-ring (bicyclic) bond motifs is 2. The van der Waals surface area contributed by atoms with Crippen LogP contribution in [0.3, 0.4) is 0 Å². The molecule has 2 heterocycles. The first-order valence-corrected chi connectivity index (χ1v) is 13.6. The third kappa shape index (κ3) is 4.45. The highest BCUT2D eigenvalue weighted by Gasteiger charge is 2.25. The summed E-state index contributed by atoms with van der Waals surface area (Å²) in [6.45, 7) is 1.91. The standard InChI is InChI=1S/C25H25N3O3S2/c1-16-10-12-17(13-11-16)33(30,31)15-14-22(29)28-25-23(18-6-2-5-9-21(18)32-25)24-26-19-7-3-4-8-20(19)27-24/h3-4,7-8,10-13H,2,5-6,9,14-15H2,1H3,(H,26,27)(H,28,29). The number of aromatic amines is 1. The van der Waals surface area contributed by atoms with E-state index in [2.05, 4.69) is 10.3 Å². The zero-order valence-corrected chi connectivity index (χ0v) is 20.0. The number of nitrogens with one attached hydrogen (secondary N) is 2. The molecule has 0 saturated heterocycles. The largest absolute Gasteiger partial charge is 0.338 e. The van der Waals surface area contributed by atoms with Gasteiger partial charge in [-0.05, 0) is 62.4 Å². The van der Waals surface area contributed by atoms with Crippen molar-refractivity contribution in [1.29, 1.82) is 0 Å². The molecule has 0 fully saturated rings. The first kappa shape index (κ1) is 21.9. The zero-order chi connectivity index (χ0) is 23.0. The van der Waals surface area contributed by atoms with Gasteiger partial charge in [-0.3, -0.25) is 4.79 Å². The van der Waals surface area contributed by atoms with E-state index >= 15 is 0 Å². The van der Waals surface area contributed by atoms with Gasteiger partial charge in [0.25, 0.3) is 0 Å². The Kier molecular flexibility index (Phi) is 5.80. The number of amides is 1. The number of carbonyl (C=O) groups is 1. The van der Waals surface area contributed by atoms with Crippen LogP contribution in [-0.2, 0) is 27.5 Å². The first-order valence-electron chi connectivity index (χ1n) is 11.1. The predicted molar refractivity (Wildman–Crippen MR) is 133 cm³/mol. The van der Waals surface area contributed by atoms with Crippen molar-refractivity contribution in [3.63, 3.8) is 0 Å². The van der Waals surface area contributed by atoms with Gasteiger partial charge in [0.05, 0.1) is 27.2 Å². The Balaban J connectivity index is 1.39. The molecule has 0 bridgehead atoms. The molecule has 33 heavy (non-hydrogen) atoms. The predicted octanol–water partition coefficient (Wildman–Crippen LogP) is 5.28. The van der Waals surface area contributed by atoms with E-state index in [1.54, 1.807) is 35.6 Å². The fraction of sp³-hybridized carbons (Fsp3) is 0.280. The zero-order valence-electron chi connectivity index (χ0n) is 18.3. The van der Waals surface area contributed by atoms with Crippen molar-refractivity contribution < 1.29 is 13.2 Å². The number of H-pyrrole nitrogens is 1. The van der Waals surface area contributed by atoms with Crippen LogP contribution in [0.15, 0.2) is 53.4 Å². The number of nitrogens with zero attached hydrogens (tertiary/aromatic N) is 1. The number of carbonyl (C=O) groups excluding carboxylic acids is 1. The summed E-state index contributed by atoms with van der Waals surface area (Å²) in [6, 6.07) is 14.6. The maximum Gasteiger partial charge on any atom is 0.226 e. The lowest BCUT2D eigenvalue weighted by Crippen LogP contribution is -2.17. The molecule has 0 aliphatic heterocycles. The molecule has 2 aromatic carbocycles. The molecule has 2 aromatic heterocycles. The molecule has 0 radical (unpaired) electrons. The van der Waals surface area contributed by atoms with Crippen LogP contribution < -0.4 is 5.32 Å². The van der Waals surface area contributed by atoms with Crippen molar-refractivity contribution in [3.05, 3.63) is 64.5 Å². The van der Waals surface area contributed by atoms with Gasteiger partial charge in [-0.25, -0.2) is 13.4 Å². The molecule has 0 spiro atoms. The van der Waals surface area contributed by atoms with Gasteiger partial charge in [-0.2, -0.15) is 0 Å². The van der Waals surface area contributed by atoms with Crippen LogP contribution >= 0.6 is 11.3 Å². The maximum atomic E-state index is 12.8. The van der Waals surface area contributed by atoms with Crippen molar-refractivity contribution in [2.24, 2.45) is 0 Å². The molecule has 6 nitrogen and oxygen atoms in total. The van der Waals surface area contributed by atoms with Gasteiger partial charge in [0, 0.05) is 11.3 Å². The summed E-state index contributed by atoms with van der Waals surface area (Å²) >= 11 is 1.58. The number of sulfone groups is 1. The Morgan fingerprint density at radius 2 is 1.85 bits per heavy atom.